The number of aromatic hydroxyl groups is 1. The summed E-state index contributed by atoms with van der Waals surface area (Å²) in [6.07, 6.45) is 2.14. The monoisotopic (exact) mass is 389 g/mol. The van der Waals surface area contributed by atoms with Crippen molar-refractivity contribution in [3.05, 3.63) is 76.3 Å². The molecule has 146 valence electrons. The third-order valence-electron chi connectivity index (χ3n) is 4.66. The molecule has 29 heavy (non-hydrogen) atoms. The van der Waals surface area contributed by atoms with Gasteiger partial charge in [0, 0.05) is 41.1 Å². The number of nitro groups is 1. The number of benzene rings is 3. The van der Waals surface area contributed by atoms with E-state index >= 15 is 0 Å². The number of hydrogen-bond acceptors (Lipinski definition) is 5. The highest BCUT2D eigenvalue weighted by molar-refractivity contribution is 6.07. The maximum atomic E-state index is 10.8. The van der Waals surface area contributed by atoms with E-state index in [1.165, 1.54) is 17.5 Å². The lowest BCUT2D eigenvalue weighted by atomic mass is 10.1. The summed E-state index contributed by atoms with van der Waals surface area (Å²) in [6, 6.07) is 18.5. The zero-order valence-corrected chi connectivity index (χ0v) is 15.5. The van der Waals surface area contributed by atoms with Crippen LogP contribution in [0.1, 0.15) is 5.56 Å². The number of aliphatic imine (C=N–C) groups is 1. The number of aromatic amines is 1. The van der Waals surface area contributed by atoms with E-state index in [4.69, 9.17) is 4.74 Å². The first-order valence-corrected chi connectivity index (χ1v) is 9.19. The molecule has 0 saturated heterocycles. The largest absolute Gasteiger partial charge is 0.502 e. The van der Waals surface area contributed by atoms with E-state index in [9.17, 15) is 15.2 Å². The Hall–Kier alpha value is -3.87. The Morgan fingerprint density at radius 2 is 1.90 bits per heavy atom. The molecule has 2 N–H and O–H groups in total. The summed E-state index contributed by atoms with van der Waals surface area (Å²) < 4.78 is 5.77. The van der Waals surface area contributed by atoms with Gasteiger partial charge in [0.1, 0.15) is 12.4 Å². The van der Waals surface area contributed by atoms with Crippen molar-refractivity contribution in [1.82, 2.24) is 4.98 Å². The molecule has 0 bridgehead atoms. The second-order valence-corrected chi connectivity index (χ2v) is 6.60. The van der Waals surface area contributed by atoms with Crippen molar-refractivity contribution >= 4 is 33.7 Å². The van der Waals surface area contributed by atoms with E-state index in [0.29, 0.717) is 25.1 Å². The number of phenolic OH excluding ortho intramolecular Hbond substituents is 1. The van der Waals surface area contributed by atoms with Crippen molar-refractivity contribution in [2.24, 2.45) is 4.99 Å². The third kappa shape index (κ3) is 4.03. The van der Waals surface area contributed by atoms with Crippen LogP contribution in [0, 0.1) is 10.1 Å². The summed E-state index contributed by atoms with van der Waals surface area (Å²) in [5.41, 5.74) is 2.54. The van der Waals surface area contributed by atoms with Crippen molar-refractivity contribution in [3.63, 3.8) is 0 Å². The summed E-state index contributed by atoms with van der Waals surface area (Å²) >= 11 is 0. The van der Waals surface area contributed by atoms with Gasteiger partial charge in [-0.15, -0.1) is 0 Å². The Kier molecular flexibility index (Phi) is 5.11. The molecule has 0 radical (unpaired) electrons. The molecule has 3 aromatic carbocycles. The van der Waals surface area contributed by atoms with Crippen molar-refractivity contribution in [2.75, 3.05) is 13.2 Å². The lowest BCUT2D eigenvalue weighted by Crippen LogP contribution is -2.01. The number of ether oxygens (including phenoxy) is 1. The Morgan fingerprint density at radius 3 is 2.76 bits per heavy atom. The number of hydrogen-bond donors (Lipinski definition) is 2. The van der Waals surface area contributed by atoms with Gasteiger partial charge in [-0.3, -0.25) is 15.1 Å². The molecule has 0 fully saturated rings. The van der Waals surface area contributed by atoms with Gasteiger partial charge in [0.15, 0.2) is 5.75 Å². The maximum Gasteiger partial charge on any atom is 0.310 e. The second-order valence-electron chi connectivity index (χ2n) is 6.60. The van der Waals surface area contributed by atoms with Gasteiger partial charge in [0.05, 0.1) is 17.0 Å². The van der Waals surface area contributed by atoms with E-state index < -0.39 is 4.92 Å². The predicted molar refractivity (Wildman–Crippen MR) is 113 cm³/mol. The second kappa shape index (κ2) is 8.02. The highest BCUT2D eigenvalue weighted by Gasteiger charge is 2.12. The first-order chi connectivity index (χ1) is 14.1. The Labute approximate surface area is 166 Å². The SMILES string of the molecule is O=[N+]([O-])c1cc(CC=NCCOc2ccc3c(c2)[nH]c2ccccc23)ccc1O. The quantitative estimate of drug-likeness (QED) is 0.208. The van der Waals surface area contributed by atoms with E-state index in [0.717, 1.165) is 22.2 Å². The number of rotatable bonds is 7. The molecule has 0 aliphatic heterocycles. The lowest BCUT2D eigenvalue weighted by molar-refractivity contribution is -0.385. The van der Waals surface area contributed by atoms with Crippen LogP contribution < -0.4 is 4.74 Å². The molecule has 1 heterocycles. The third-order valence-corrected chi connectivity index (χ3v) is 4.66. The highest BCUT2D eigenvalue weighted by atomic mass is 16.6. The van der Waals surface area contributed by atoms with Gasteiger partial charge in [-0.1, -0.05) is 24.3 Å². The maximum absolute atomic E-state index is 10.8. The number of nitrogens with zero attached hydrogens (tertiary/aromatic N) is 2. The number of nitro benzene ring substituents is 1. The highest BCUT2D eigenvalue weighted by Crippen LogP contribution is 2.28. The molecule has 7 nitrogen and oxygen atoms in total. The molecule has 4 aromatic rings. The van der Waals surface area contributed by atoms with Crippen LogP contribution >= 0.6 is 0 Å². The Balaban J connectivity index is 1.32. The van der Waals surface area contributed by atoms with Crippen molar-refractivity contribution in [3.8, 4) is 11.5 Å². The fraction of sp³-hybridized carbons (Fsp3) is 0.136. The number of H-pyrrole nitrogens is 1. The van der Waals surface area contributed by atoms with E-state index in [1.807, 2.05) is 36.4 Å². The average molecular weight is 389 g/mol. The summed E-state index contributed by atoms with van der Waals surface area (Å²) in [5.74, 6) is 0.435. The minimum absolute atomic E-state index is 0.299. The predicted octanol–water partition coefficient (Wildman–Crippen LogP) is 4.63. The molecule has 4 rings (SSSR count). The van der Waals surface area contributed by atoms with Crippen LogP contribution in [0.5, 0.6) is 11.5 Å². The van der Waals surface area contributed by atoms with Crippen LogP contribution in [0.25, 0.3) is 21.8 Å². The smallest absolute Gasteiger partial charge is 0.310 e. The topological polar surface area (TPSA) is 101 Å². The van der Waals surface area contributed by atoms with Crippen LogP contribution in [0.4, 0.5) is 5.69 Å². The number of para-hydroxylation sites is 1. The molecular weight excluding hydrogens is 370 g/mol. The standard InChI is InChI=1S/C22H19N3O4/c26-22-8-5-15(13-21(22)25(27)28)9-10-23-11-12-29-16-6-7-18-17-3-1-2-4-19(17)24-20(18)14-16/h1-8,10,13-14,24,26H,9,11-12H2. The molecule has 7 heteroatoms. The Bertz CT molecular complexity index is 1210. The lowest BCUT2D eigenvalue weighted by Gasteiger charge is -2.04. The Morgan fingerprint density at radius 1 is 1.07 bits per heavy atom. The van der Waals surface area contributed by atoms with E-state index in [2.05, 4.69) is 16.0 Å². The summed E-state index contributed by atoms with van der Waals surface area (Å²) in [6.45, 7) is 0.906. The minimum atomic E-state index is -0.603. The molecule has 0 aliphatic carbocycles. The molecular formula is C22H19N3O4. The minimum Gasteiger partial charge on any atom is -0.502 e. The molecule has 0 saturated carbocycles. The van der Waals surface area contributed by atoms with Gasteiger partial charge >= 0.3 is 5.69 Å². The number of aromatic nitrogens is 1. The van der Waals surface area contributed by atoms with Crippen molar-refractivity contribution in [1.29, 1.82) is 0 Å². The number of phenols is 1. The van der Waals surface area contributed by atoms with Crippen molar-refractivity contribution in [2.45, 2.75) is 6.42 Å². The molecule has 0 unspecified atom stereocenters. The van der Waals surface area contributed by atoms with Crippen LogP contribution in [-0.2, 0) is 6.42 Å². The van der Waals surface area contributed by atoms with Crippen LogP contribution in [0.15, 0.2) is 65.7 Å². The van der Waals surface area contributed by atoms with E-state index in [-0.39, 0.29) is 11.4 Å². The first-order valence-electron chi connectivity index (χ1n) is 9.19. The zero-order valence-electron chi connectivity index (χ0n) is 15.5. The zero-order chi connectivity index (χ0) is 20.2. The van der Waals surface area contributed by atoms with Gasteiger partial charge in [0.2, 0.25) is 0 Å². The average Bonchev–Trinajstić information content (AvgIpc) is 3.09. The van der Waals surface area contributed by atoms with Crippen LogP contribution in [0.3, 0.4) is 0 Å². The van der Waals surface area contributed by atoms with Gasteiger partial charge in [-0.2, -0.15) is 0 Å². The molecule has 1 aromatic heterocycles. The van der Waals surface area contributed by atoms with Gasteiger partial charge in [-0.05, 0) is 29.8 Å². The number of nitrogens with one attached hydrogen (secondary N) is 1. The summed E-state index contributed by atoms with van der Waals surface area (Å²) in [7, 11) is 0. The van der Waals surface area contributed by atoms with Gasteiger partial charge < -0.3 is 14.8 Å². The summed E-state index contributed by atoms with van der Waals surface area (Å²) in [5, 5.41) is 22.7. The fourth-order valence-electron chi connectivity index (χ4n) is 3.24. The first kappa shape index (κ1) is 18.5. The molecule has 0 aliphatic rings. The van der Waals surface area contributed by atoms with Crippen molar-refractivity contribution < 1.29 is 14.8 Å². The molecule has 0 atom stereocenters. The van der Waals surface area contributed by atoms with Gasteiger partial charge in [-0.25, -0.2) is 0 Å². The number of fused-ring (bicyclic) bond motifs is 3. The van der Waals surface area contributed by atoms with Gasteiger partial charge in [0.25, 0.3) is 0 Å². The summed E-state index contributed by atoms with van der Waals surface area (Å²) in [4.78, 5) is 17.9. The molecule has 0 amide bonds. The fourth-order valence-corrected chi connectivity index (χ4v) is 3.24. The van der Waals surface area contributed by atoms with Crippen LogP contribution in [0.2, 0.25) is 0 Å². The molecule has 0 spiro atoms. The normalized spacial score (nSPS) is 11.4. The van der Waals surface area contributed by atoms with Crippen LogP contribution in [-0.4, -0.2) is 34.4 Å². The van der Waals surface area contributed by atoms with E-state index in [1.54, 1.807) is 12.3 Å².